The second-order valence-corrected chi connectivity index (χ2v) is 26.0. The maximum absolute atomic E-state index is 13.0. The molecule has 0 aliphatic carbocycles. The predicted octanol–water partition coefficient (Wildman–Crippen LogP) is 21.1. The van der Waals surface area contributed by atoms with Gasteiger partial charge in [-0.3, -0.25) is 13.8 Å². The molecule has 0 saturated heterocycles. The van der Waals surface area contributed by atoms with Gasteiger partial charge in [0.15, 0.2) is 0 Å². The number of likely N-dealkylation sites (N-methyl/N-ethyl adjacent to an activating group) is 1. The van der Waals surface area contributed by atoms with E-state index in [0.29, 0.717) is 17.4 Å². The first-order chi connectivity index (χ1) is 37.0. The SMILES string of the molecule is CCCCCCCCCCCCCCCC/C=C/CC/C=C/C(O)C(COP(=O)(O)OCC[N+](C)(C)C)NC(=O)CCCCCCCCCCCCCCCCCCCCCCCCCCCCCCCCCCCC. The predicted molar refractivity (Wildman–Crippen MR) is 332 cm³/mol. The third-order valence-electron chi connectivity index (χ3n) is 15.7. The van der Waals surface area contributed by atoms with Gasteiger partial charge in [0, 0.05) is 6.42 Å². The fraction of sp³-hybridized carbons (Fsp3) is 0.925. The van der Waals surface area contributed by atoms with Crippen LogP contribution in [0, 0.1) is 0 Å². The number of hydrogen-bond donors (Lipinski definition) is 3. The molecule has 0 saturated carbocycles. The largest absolute Gasteiger partial charge is 0.472 e. The molecule has 8 nitrogen and oxygen atoms in total. The van der Waals surface area contributed by atoms with Gasteiger partial charge >= 0.3 is 7.82 Å². The Morgan fingerprint density at radius 3 is 1.05 bits per heavy atom. The molecule has 0 rings (SSSR count). The lowest BCUT2D eigenvalue weighted by Crippen LogP contribution is -2.45. The van der Waals surface area contributed by atoms with Crippen molar-refractivity contribution in [1.29, 1.82) is 0 Å². The van der Waals surface area contributed by atoms with Crippen molar-refractivity contribution in [3.8, 4) is 0 Å². The number of phosphoric acid groups is 1. The number of carbonyl (C=O) groups excluding carboxylic acids is 1. The van der Waals surface area contributed by atoms with Crippen LogP contribution >= 0.6 is 7.82 Å². The number of hydrogen-bond acceptors (Lipinski definition) is 5. The number of allylic oxidation sites excluding steroid dienone is 3. The van der Waals surface area contributed by atoms with Gasteiger partial charge in [-0.25, -0.2) is 4.57 Å². The summed E-state index contributed by atoms with van der Waals surface area (Å²) in [6.45, 7) is 4.85. The van der Waals surface area contributed by atoms with Gasteiger partial charge in [-0.2, -0.15) is 0 Å². The van der Waals surface area contributed by atoms with E-state index in [4.69, 9.17) is 9.05 Å². The highest BCUT2D eigenvalue weighted by atomic mass is 31.2. The smallest absolute Gasteiger partial charge is 0.387 e. The van der Waals surface area contributed by atoms with Gasteiger partial charge in [0.05, 0.1) is 39.9 Å². The van der Waals surface area contributed by atoms with Crippen molar-refractivity contribution in [2.45, 2.75) is 360 Å². The van der Waals surface area contributed by atoms with Gasteiger partial charge in [-0.05, 0) is 32.1 Å². The molecule has 0 aromatic heterocycles. The molecule has 0 aromatic carbocycles. The summed E-state index contributed by atoms with van der Waals surface area (Å²) in [7, 11) is 1.57. The molecule has 0 aromatic rings. The van der Waals surface area contributed by atoms with Gasteiger partial charge in [0.25, 0.3) is 0 Å². The van der Waals surface area contributed by atoms with Crippen LogP contribution < -0.4 is 5.32 Å². The Kier molecular flexibility index (Phi) is 57.8. The summed E-state index contributed by atoms with van der Waals surface area (Å²) in [4.78, 5) is 23.4. The number of nitrogens with zero attached hydrogens (tertiary/aromatic N) is 1. The van der Waals surface area contributed by atoms with E-state index in [2.05, 4.69) is 31.3 Å². The number of aliphatic hydroxyl groups excluding tert-OH is 1. The van der Waals surface area contributed by atoms with Crippen LogP contribution in [0.4, 0.5) is 0 Å². The number of unbranched alkanes of at least 4 members (excludes halogenated alkanes) is 48. The van der Waals surface area contributed by atoms with Crippen LogP contribution in [0.3, 0.4) is 0 Å². The number of nitrogens with one attached hydrogen (secondary N) is 1. The molecule has 0 heterocycles. The van der Waals surface area contributed by atoms with E-state index in [1.165, 1.54) is 289 Å². The average molecular weight is 1090 g/mol. The van der Waals surface area contributed by atoms with Crippen LogP contribution in [-0.4, -0.2) is 73.4 Å². The number of amides is 1. The van der Waals surface area contributed by atoms with Gasteiger partial charge in [0.2, 0.25) is 5.91 Å². The van der Waals surface area contributed by atoms with E-state index in [-0.39, 0.29) is 19.1 Å². The molecule has 0 aliphatic rings. The van der Waals surface area contributed by atoms with Crippen LogP contribution in [0.25, 0.3) is 0 Å². The number of carbonyl (C=O) groups is 1. The van der Waals surface area contributed by atoms with E-state index < -0.39 is 20.0 Å². The van der Waals surface area contributed by atoms with E-state index in [1.54, 1.807) is 6.08 Å². The minimum atomic E-state index is -4.36. The Labute approximate surface area is 474 Å². The molecule has 0 bridgehead atoms. The third kappa shape index (κ3) is 60.6. The van der Waals surface area contributed by atoms with Crippen molar-refractivity contribution >= 4 is 13.7 Å². The molecule has 3 atom stereocenters. The first kappa shape index (κ1) is 75.0. The molecule has 3 unspecified atom stereocenters. The number of aliphatic hydroxyl groups is 1. The third-order valence-corrected chi connectivity index (χ3v) is 16.7. The van der Waals surface area contributed by atoms with E-state index >= 15 is 0 Å². The minimum absolute atomic E-state index is 0.0589. The van der Waals surface area contributed by atoms with Gasteiger partial charge in [-0.1, -0.05) is 334 Å². The minimum Gasteiger partial charge on any atom is -0.387 e. The lowest BCUT2D eigenvalue weighted by molar-refractivity contribution is -0.870. The first-order valence-corrected chi connectivity index (χ1v) is 35.2. The molecule has 1 amide bonds. The van der Waals surface area contributed by atoms with Crippen molar-refractivity contribution in [2.75, 3.05) is 40.9 Å². The van der Waals surface area contributed by atoms with Gasteiger partial charge in [-0.15, -0.1) is 0 Å². The van der Waals surface area contributed by atoms with Crippen LogP contribution in [0.15, 0.2) is 24.3 Å². The maximum atomic E-state index is 13.0. The summed E-state index contributed by atoms with van der Waals surface area (Å²) in [6.07, 6.45) is 76.2. The Balaban J connectivity index is 4.01. The summed E-state index contributed by atoms with van der Waals surface area (Å²) in [5.74, 6) is -0.179. The number of rotatable bonds is 63. The second kappa shape index (κ2) is 58.6. The number of quaternary nitrogens is 1. The maximum Gasteiger partial charge on any atom is 0.472 e. The summed E-state index contributed by atoms with van der Waals surface area (Å²) >= 11 is 0. The fourth-order valence-corrected chi connectivity index (χ4v) is 11.2. The van der Waals surface area contributed by atoms with Crippen LogP contribution in [0.5, 0.6) is 0 Å². The molecule has 76 heavy (non-hydrogen) atoms. The highest BCUT2D eigenvalue weighted by molar-refractivity contribution is 7.47. The molecular formula is C67H134N2O6P+. The Morgan fingerprint density at radius 2 is 0.724 bits per heavy atom. The lowest BCUT2D eigenvalue weighted by atomic mass is 10.0. The Morgan fingerprint density at radius 1 is 0.434 bits per heavy atom. The normalized spacial score (nSPS) is 13.8. The topological polar surface area (TPSA) is 105 Å². The fourth-order valence-electron chi connectivity index (χ4n) is 10.4. The molecule has 452 valence electrons. The van der Waals surface area contributed by atoms with E-state index in [0.717, 1.165) is 38.5 Å². The van der Waals surface area contributed by atoms with Crippen molar-refractivity contribution in [1.82, 2.24) is 5.32 Å². The van der Waals surface area contributed by atoms with Crippen molar-refractivity contribution < 1.29 is 32.9 Å². The van der Waals surface area contributed by atoms with Gasteiger partial charge < -0.3 is 19.8 Å². The summed E-state index contributed by atoms with van der Waals surface area (Å²) in [6, 6.07) is -0.861. The van der Waals surface area contributed by atoms with E-state index in [1.807, 2.05) is 27.2 Å². The first-order valence-electron chi connectivity index (χ1n) is 33.7. The van der Waals surface area contributed by atoms with E-state index in [9.17, 15) is 19.4 Å². The summed E-state index contributed by atoms with van der Waals surface area (Å²) < 4.78 is 23.8. The van der Waals surface area contributed by atoms with Gasteiger partial charge in [0.1, 0.15) is 13.2 Å². The lowest BCUT2D eigenvalue weighted by Gasteiger charge is -2.25. The molecular weight excluding hydrogens is 960 g/mol. The Bertz CT molecular complexity index is 1290. The average Bonchev–Trinajstić information content (AvgIpc) is 3.38. The van der Waals surface area contributed by atoms with Crippen LogP contribution in [0.2, 0.25) is 0 Å². The monoisotopic (exact) mass is 1090 g/mol. The zero-order chi connectivity index (χ0) is 55.6. The molecule has 0 fully saturated rings. The standard InChI is InChI=1S/C67H133N2O6P/c1-6-8-10-12-14-16-18-20-22-24-26-28-29-30-31-32-33-34-35-36-37-38-39-40-41-43-45-47-49-51-53-55-57-59-61-67(71)68-65(64-75-76(72,73)74-63-62-69(3,4)5)66(70)60-58-56-54-52-50-48-46-44-42-27-25-23-21-19-17-15-13-11-9-7-2/h50,52,58,60,65-66,70H,6-49,51,53-57,59,61-64H2,1-5H3,(H-,68,71,72,73)/p+1/b52-50+,60-58+. The highest BCUT2D eigenvalue weighted by Gasteiger charge is 2.28. The summed E-state index contributed by atoms with van der Waals surface area (Å²) in [5, 5.41) is 14.0. The Hall–Kier alpha value is -1.02. The molecule has 0 aliphatic heterocycles. The second-order valence-electron chi connectivity index (χ2n) is 24.6. The highest BCUT2D eigenvalue weighted by Crippen LogP contribution is 2.43. The van der Waals surface area contributed by atoms with Crippen LogP contribution in [-0.2, 0) is 18.4 Å². The summed E-state index contributed by atoms with van der Waals surface area (Å²) in [5.41, 5.74) is 0. The molecule has 0 spiro atoms. The number of phosphoric ester groups is 1. The van der Waals surface area contributed by atoms with Crippen molar-refractivity contribution in [2.24, 2.45) is 0 Å². The van der Waals surface area contributed by atoms with Crippen molar-refractivity contribution in [3.63, 3.8) is 0 Å². The van der Waals surface area contributed by atoms with Crippen LogP contribution in [0.1, 0.15) is 348 Å². The zero-order valence-electron chi connectivity index (χ0n) is 51.8. The molecule has 0 radical (unpaired) electrons. The quantitative estimate of drug-likeness (QED) is 0.0243. The molecule has 3 N–H and O–H groups in total. The van der Waals surface area contributed by atoms with Crippen molar-refractivity contribution in [3.05, 3.63) is 24.3 Å². The molecule has 9 heteroatoms. The zero-order valence-corrected chi connectivity index (χ0v) is 52.7.